The Morgan fingerprint density at radius 3 is 2.76 bits per heavy atom. The van der Waals surface area contributed by atoms with Gasteiger partial charge in [0.15, 0.2) is 5.65 Å². The van der Waals surface area contributed by atoms with E-state index >= 15 is 0 Å². The van der Waals surface area contributed by atoms with Crippen LogP contribution in [0.5, 0.6) is 0 Å². The fourth-order valence-electron chi connectivity index (χ4n) is 2.28. The Morgan fingerprint density at radius 1 is 0.882 bits per heavy atom. The summed E-state index contributed by atoms with van der Waals surface area (Å²) in [5.74, 6) is 0. The first-order valence-corrected chi connectivity index (χ1v) is 5.53. The number of pyridine rings is 1. The third kappa shape index (κ3) is 1.16. The number of nitrogens with zero attached hydrogens (tertiary/aromatic N) is 2. The summed E-state index contributed by atoms with van der Waals surface area (Å²) in [6.07, 6.45) is 1.80. The van der Waals surface area contributed by atoms with Crippen LogP contribution in [0.2, 0.25) is 0 Å². The fraction of sp³-hybridized carbons (Fsp3) is 0. The number of H-pyrrole nitrogens is 1. The fourth-order valence-corrected chi connectivity index (χ4v) is 2.28. The van der Waals surface area contributed by atoms with Crippen molar-refractivity contribution in [3.05, 3.63) is 48.7 Å². The van der Waals surface area contributed by atoms with Gasteiger partial charge in [0.25, 0.3) is 0 Å². The van der Waals surface area contributed by atoms with Gasteiger partial charge in [-0.3, -0.25) is 5.10 Å². The summed E-state index contributed by atoms with van der Waals surface area (Å²) in [5, 5.41) is 11.5. The first kappa shape index (κ1) is 8.70. The number of rotatable bonds is 0. The van der Waals surface area contributed by atoms with Crippen LogP contribution < -0.4 is 0 Å². The topological polar surface area (TPSA) is 41.6 Å². The lowest BCUT2D eigenvalue weighted by molar-refractivity contribution is 1.10. The van der Waals surface area contributed by atoms with Gasteiger partial charge in [-0.1, -0.05) is 36.4 Å². The van der Waals surface area contributed by atoms with Crippen molar-refractivity contribution in [1.29, 1.82) is 0 Å². The number of aromatic nitrogens is 3. The molecule has 0 bridgehead atoms. The van der Waals surface area contributed by atoms with Crippen LogP contribution in [0.4, 0.5) is 0 Å². The van der Waals surface area contributed by atoms with E-state index in [2.05, 4.69) is 45.5 Å². The molecular formula is C14H9N3. The van der Waals surface area contributed by atoms with Crippen LogP contribution in [0.3, 0.4) is 0 Å². The molecule has 2 heterocycles. The Hall–Kier alpha value is -2.42. The van der Waals surface area contributed by atoms with Crippen LogP contribution in [0.25, 0.3) is 32.7 Å². The zero-order chi connectivity index (χ0) is 11.2. The van der Waals surface area contributed by atoms with Crippen molar-refractivity contribution in [2.24, 2.45) is 0 Å². The highest BCUT2D eigenvalue weighted by atomic mass is 15.1. The maximum absolute atomic E-state index is 4.65. The highest BCUT2D eigenvalue weighted by Crippen LogP contribution is 2.25. The van der Waals surface area contributed by atoms with Crippen LogP contribution >= 0.6 is 0 Å². The first-order valence-electron chi connectivity index (χ1n) is 5.53. The normalized spacial score (nSPS) is 11.5. The van der Waals surface area contributed by atoms with Gasteiger partial charge < -0.3 is 0 Å². The predicted molar refractivity (Wildman–Crippen MR) is 68.9 cm³/mol. The number of benzene rings is 2. The molecular weight excluding hydrogens is 210 g/mol. The summed E-state index contributed by atoms with van der Waals surface area (Å²) in [6, 6.07) is 14.7. The molecule has 0 amide bonds. The first-order chi connectivity index (χ1) is 8.42. The Bertz CT molecular complexity index is 846. The number of nitrogens with one attached hydrogen (secondary N) is 1. The molecule has 0 aliphatic rings. The average molecular weight is 219 g/mol. The lowest BCUT2D eigenvalue weighted by Crippen LogP contribution is -1.83. The van der Waals surface area contributed by atoms with E-state index < -0.39 is 0 Å². The Balaban J connectivity index is 2.30. The third-order valence-corrected chi connectivity index (χ3v) is 3.11. The quantitative estimate of drug-likeness (QED) is 0.461. The summed E-state index contributed by atoms with van der Waals surface area (Å²) in [4.78, 5) is 4.65. The minimum absolute atomic E-state index is 0.842. The van der Waals surface area contributed by atoms with Crippen LogP contribution in [0.1, 0.15) is 0 Å². The molecule has 0 saturated heterocycles. The lowest BCUT2D eigenvalue weighted by Gasteiger charge is -2.02. The molecule has 0 saturated carbocycles. The molecule has 1 N–H and O–H groups in total. The molecule has 0 aliphatic carbocycles. The summed E-state index contributed by atoms with van der Waals surface area (Å²) in [5.41, 5.74) is 1.87. The molecule has 0 aliphatic heterocycles. The number of aromatic amines is 1. The van der Waals surface area contributed by atoms with Crippen molar-refractivity contribution in [2.75, 3.05) is 0 Å². The Kier molecular flexibility index (Phi) is 1.56. The largest absolute Gasteiger partial charge is 0.261 e. The van der Waals surface area contributed by atoms with Gasteiger partial charge in [-0.15, -0.1) is 0 Å². The molecule has 0 radical (unpaired) electrons. The lowest BCUT2D eigenvalue weighted by atomic mass is 10.1. The van der Waals surface area contributed by atoms with Crippen molar-refractivity contribution in [3.63, 3.8) is 0 Å². The molecule has 0 spiro atoms. The highest BCUT2D eigenvalue weighted by Gasteiger charge is 2.04. The maximum Gasteiger partial charge on any atom is 0.155 e. The van der Waals surface area contributed by atoms with E-state index in [1.54, 1.807) is 6.20 Å². The molecule has 0 atom stereocenters. The Morgan fingerprint density at radius 2 is 1.76 bits per heavy atom. The van der Waals surface area contributed by atoms with E-state index in [-0.39, 0.29) is 0 Å². The zero-order valence-corrected chi connectivity index (χ0v) is 9.01. The standard InChI is InChI=1S/C14H9N3/c1-2-4-12-9(3-1)5-6-10-7-11-8-15-17-14(11)16-13(10)12/h1-8H,(H,15,16,17). The minimum atomic E-state index is 0.842. The second kappa shape index (κ2) is 3.04. The van der Waals surface area contributed by atoms with Crippen LogP contribution in [0.15, 0.2) is 48.7 Å². The molecule has 2 aromatic carbocycles. The van der Waals surface area contributed by atoms with Crippen LogP contribution in [-0.4, -0.2) is 15.2 Å². The van der Waals surface area contributed by atoms with Gasteiger partial charge >= 0.3 is 0 Å². The molecule has 0 fully saturated rings. The van der Waals surface area contributed by atoms with Crippen molar-refractivity contribution in [3.8, 4) is 0 Å². The van der Waals surface area contributed by atoms with E-state index in [0.29, 0.717) is 0 Å². The van der Waals surface area contributed by atoms with E-state index in [9.17, 15) is 0 Å². The van der Waals surface area contributed by atoms with Gasteiger partial charge in [-0.25, -0.2) is 4.98 Å². The molecule has 0 unspecified atom stereocenters. The molecule has 4 aromatic rings. The van der Waals surface area contributed by atoms with Crippen molar-refractivity contribution < 1.29 is 0 Å². The molecule has 3 nitrogen and oxygen atoms in total. The van der Waals surface area contributed by atoms with Crippen molar-refractivity contribution >= 4 is 32.7 Å². The SMILES string of the molecule is c1ccc2c(c1)ccc1cc3cn[nH]c3nc12. The van der Waals surface area contributed by atoms with Gasteiger partial charge in [0.05, 0.1) is 11.7 Å². The van der Waals surface area contributed by atoms with Crippen molar-refractivity contribution in [2.45, 2.75) is 0 Å². The molecule has 3 heteroatoms. The van der Waals surface area contributed by atoms with Gasteiger partial charge in [0.1, 0.15) is 0 Å². The van der Waals surface area contributed by atoms with Gasteiger partial charge in [0, 0.05) is 16.2 Å². The maximum atomic E-state index is 4.65. The molecule has 80 valence electrons. The predicted octanol–water partition coefficient (Wildman–Crippen LogP) is 3.26. The summed E-state index contributed by atoms with van der Waals surface area (Å²) in [6.45, 7) is 0. The number of hydrogen-bond acceptors (Lipinski definition) is 2. The summed E-state index contributed by atoms with van der Waals surface area (Å²) < 4.78 is 0. The zero-order valence-electron chi connectivity index (χ0n) is 9.01. The van der Waals surface area contributed by atoms with Crippen LogP contribution in [-0.2, 0) is 0 Å². The van der Waals surface area contributed by atoms with E-state index in [4.69, 9.17) is 0 Å². The average Bonchev–Trinajstić information content (AvgIpc) is 2.83. The molecule has 17 heavy (non-hydrogen) atoms. The van der Waals surface area contributed by atoms with Gasteiger partial charge in [-0.05, 0) is 11.5 Å². The van der Waals surface area contributed by atoms with Crippen molar-refractivity contribution in [1.82, 2.24) is 15.2 Å². The summed E-state index contributed by atoms with van der Waals surface area (Å²) in [7, 11) is 0. The monoisotopic (exact) mass is 219 g/mol. The number of hydrogen-bond donors (Lipinski definition) is 1. The van der Waals surface area contributed by atoms with Gasteiger partial charge in [-0.2, -0.15) is 5.10 Å². The van der Waals surface area contributed by atoms with Crippen LogP contribution in [0, 0.1) is 0 Å². The molecule has 2 aromatic heterocycles. The number of fused-ring (bicyclic) bond motifs is 4. The second-order valence-corrected chi connectivity index (χ2v) is 4.15. The smallest absolute Gasteiger partial charge is 0.155 e. The molecule has 4 rings (SSSR count). The van der Waals surface area contributed by atoms with E-state index in [0.717, 1.165) is 21.9 Å². The highest BCUT2D eigenvalue weighted by molar-refractivity contribution is 6.07. The van der Waals surface area contributed by atoms with Gasteiger partial charge in [0.2, 0.25) is 0 Å². The summed E-state index contributed by atoms with van der Waals surface area (Å²) >= 11 is 0. The Labute approximate surface area is 97.1 Å². The van der Waals surface area contributed by atoms with E-state index in [1.807, 2.05) is 12.1 Å². The third-order valence-electron chi connectivity index (χ3n) is 3.11. The van der Waals surface area contributed by atoms with E-state index in [1.165, 1.54) is 10.8 Å². The second-order valence-electron chi connectivity index (χ2n) is 4.15. The minimum Gasteiger partial charge on any atom is -0.261 e.